The molecule has 1 heterocycles. The Bertz CT molecular complexity index is 625. The van der Waals surface area contributed by atoms with Gasteiger partial charge in [0.1, 0.15) is 11.2 Å². The molecule has 0 radical (unpaired) electrons. The molecule has 3 rings (SSSR count). The van der Waals surface area contributed by atoms with E-state index in [-0.39, 0.29) is 27.3 Å². The van der Waals surface area contributed by atoms with Gasteiger partial charge in [-0.3, -0.25) is 0 Å². The molecule has 1 nitrogen and oxygen atoms in total. The minimum Gasteiger partial charge on any atom is -0.458 e. The van der Waals surface area contributed by atoms with Crippen molar-refractivity contribution in [3.63, 3.8) is 0 Å². The van der Waals surface area contributed by atoms with Crippen LogP contribution >= 0.6 is 0 Å². The molecule has 0 unspecified atom stereocenters. The van der Waals surface area contributed by atoms with Gasteiger partial charge in [-0.2, -0.15) is 24.1 Å². The first kappa shape index (κ1) is 11.5. The first-order valence-electron chi connectivity index (χ1n) is 5.09. The van der Waals surface area contributed by atoms with E-state index in [0.717, 1.165) is 11.2 Å². The van der Waals surface area contributed by atoms with Crippen LogP contribution in [0.3, 0.4) is 0 Å². The van der Waals surface area contributed by atoms with Crippen LogP contribution in [0.1, 0.15) is 12.5 Å². The fraction of sp³-hybridized carbons (Fsp3) is 0.0714. The van der Waals surface area contributed by atoms with Crippen LogP contribution in [0, 0.1) is 6.42 Å². The van der Waals surface area contributed by atoms with Gasteiger partial charge in [-0.25, -0.2) is 0 Å². The fourth-order valence-corrected chi connectivity index (χ4v) is 1.92. The first-order chi connectivity index (χ1) is 7.38. The van der Waals surface area contributed by atoms with Crippen LogP contribution in [0.25, 0.3) is 21.9 Å². The van der Waals surface area contributed by atoms with E-state index in [0.29, 0.717) is 0 Å². The Morgan fingerprint density at radius 1 is 0.938 bits per heavy atom. The van der Waals surface area contributed by atoms with Gasteiger partial charge in [-0.1, -0.05) is 31.2 Å². The summed E-state index contributed by atoms with van der Waals surface area (Å²) in [6, 6.07) is 14.4. The second kappa shape index (κ2) is 4.49. The van der Waals surface area contributed by atoms with Crippen LogP contribution in [0.5, 0.6) is 0 Å². The number of benzene rings is 2. The third-order valence-corrected chi connectivity index (χ3v) is 2.73. The minimum absolute atomic E-state index is 0. The van der Waals surface area contributed by atoms with E-state index < -0.39 is 0 Å². The van der Waals surface area contributed by atoms with Gasteiger partial charge in [0.2, 0.25) is 0 Å². The number of hydrogen-bond donors (Lipinski definition) is 0. The van der Waals surface area contributed by atoms with Gasteiger partial charge in [0, 0.05) is 32.7 Å². The van der Waals surface area contributed by atoms with Crippen LogP contribution in [0.15, 0.2) is 46.9 Å². The first-order valence-corrected chi connectivity index (χ1v) is 5.09. The molecule has 0 aliphatic carbocycles. The second-order valence-electron chi connectivity index (χ2n) is 3.64. The predicted octanol–water partition coefficient (Wildman–Crippen LogP) is 4.16. The Kier molecular flexibility index (Phi) is 3.23. The summed E-state index contributed by atoms with van der Waals surface area (Å²) in [6.45, 7) is 2.05. The Morgan fingerprint density at radius 2 is 1.69 bits per heavy atom. The van der Waals surface area contributed by atoms with E-state index in [9.17, 15) is 0 Å². The van der Waals surface area contributed by atoms with Gasteiger partial charge in [-0.15, -0.1) is 0 Å². The second-order valence-corrected chi connectivity index (χ2v) is 3.64. The molecule has 0 spiro atoms. The van der Waals surface area contributed by atoms with Gasteiger partial charge >= 0.3 is 0 Å². The summed E-state index contributed by atoms with van der Waals surface area (Å²) in [6.07, 6.45) is 2.10. The van der Waals surface area contributed by atoms with Crippen molar-refractivity contribution in [2.75, 3.05) is 0 Å². The molecule has 0 bridgehead atoms. The third-order valence-electron chi connectivity index (χ3n) is 2.73. The van der Waals surface area contributed by atoms with Gasteiger partial charge in [-0.05, 0) is 11.5 Å². The fourth-order valence-electron chi connectivity index (χ4n) is 1.92. The van der Waals surface area contributed by atoms with Crippen molar-refractivity contribution >= 4 is 21.9 Å². The van der Waals surface area contributed by atoms with E-state index in [1.807, 2.05) is 31.2 Å². The Hall–Kier alpha value is -0.968. The van der Waals surface area contributed by atoms with E-state index in [4.69, 9.17) is 4.42 Å². The van der Waals surface area contributed by atoms with E-state index in [1.54, 1.807) is 0 Å². The minimum atomic E-state index is 0. The normalized spacial score (nSPS) is 10.3. The van der Waals surface area contributed by atoms with Crippen LogP contribution in [-0.2, 0) is 27.3 Å². The van der Waals surface area contributed by atoms with Gasteiger partial charge in [0.25, 0.3) is 0 Å². The molecule has 0 saturated carbocycles. The average Bonchev–Trinajstić information content (AvgIpc) is 2.66. The molecule has 0 aliphatic rings. The molecule has 16 heavy (non-hydrogen) atoms. The number of furan rings is 1. The molecular formula is C14H11CdO-. The molecule has 0 N–H and O–H groups in total. The van der Waals surface area contributed by atoms with E-state index in [2.05, 4.69) is 24.6 Å². The number of hydrogen-bond acceptors (Lipinski definition) is 1. The number of para-hydroxylation sites is 1. The molecule has 2 aromatic carbocycles. The topological polar surface area (TPSA) is 13.1 Å². The molecule has 76 valence electrons. The zero-order chi connectivity index (χ0) is 10.3. The van der Waals surface area contributed by atoms with Crippen LogP contribution in [-0.4, -0.2) is 0 Å². The van der Waals surface area contributed by atoms with E-state index >= 15 is 0 Å². The summed E-state index contributed by atoms with van der Waals surface area (Å²) < 4.78 is 5.74. The molecule has 2 heteroatoms. The quantitative estimate of drug-likeness (QED) is 0.486. The van der Waals surface area contributed by atoms with Crippen molar-refractivity contribution in [3.05, 3.63) is 54.4 Å². The Labute approximate surface area is 115 Å². The average molecular weight is 308 g/mol. The molecular weight excluding hydrogens is 297 g/mol. The largest absolute Gasteiger partial charge is 0.458 e. The summed E-state index contributed by atoms with van der Waals surface area (Å²) in [5, 5.41) is 2.39. The summed E-state index contributed by atoms with van der Waals surface area (Å²) in [5.41, 5.74) is 3.15. The van der Waals surface area contributed by atoms with Crippen molar-refractivity contribution in [3.8, 4) is 0 Å². The number of rotatable bonds is 1. The van der Waals surface area contributed by atoms with Crippen molar-refractivity contribution < 1.29 is 31.7 Å². The zero-order valence-electron chi connectivity index (χ0n) is 9.23. The molecule has 0 atom stereocenters. The predicted molar refractivity (Wildman–Crippen MR) is 62.8 cm³/mol. The maximum atomic E-state index is 5.74. The van der Waals surface area contributed by atoms with Crippen molar-refractivity contribution in [2.24, 2.45) is 0 Å². The van der Waals surface area contributed by atoms with Gasteiger partial charge < -0.3 is 4.42 Å². The standard InChI is InChI=1S/C14H11O.Cd/c1-2-10-7-8-14-12(9-10)11-5-3-4-6-13(11)15-14;/h2-9H,1H3;/q-1;. The van der Waals surface area contributed by atoms with Crippen molar-refractivity contribution in [1.29, 1.82) is 0 Å². The SMILES string of the molecule is C[CH-]c1ccc2oc3ccccc3c2c1.[Cd]. The summed E-state index contributed by atoms with van der Waals surface area (Å²) >= 11 is 0. The van der Waals surface area contributed by atoms with Crippen LogP contribution in [0.4, 0.5) is 0 Å². The monoisotopic (exact) mass is 309 g/mol. The molecule has 0 aliphatic heterocycles. The van der Waals surface area contributed by atoms with Crippen LogP contribution in [0.2, 0.25) is 0 Å². The van der Waals surface area contributed by atoms with Crippen LogP contribution < -0.4 is 0 Å². The maximum Gasteiger partial charge on any atom is 0.134 e. The third kappa shape index (κ3) is 1.73. The van der Waals surface area contributed by atoms with Gasteiger partial charge in [0.05, 0.1) is 0 Å². The molecule has 3 aromatic rings. The Morgan fingerprint density at radius 3 is 2.50 bits per heavy atom. The maximum absolute atomic E-state index is 5.74. The van der Waals surface area contributed by atoms with E-state index in [1.165, 1.54) is 16.3 Å². The van der Waals surface area contributed by atoms with Crippen molar-refractivity contribution in [2.45, 2.75) is 6.92 Å². The molecule has 0 saturated heterocycles. The van der Waals surface area contributed by atoms with Crippen molar-refractivity contribution in [1.82, 2.24) is 0 Å². The summed E-state index contributed by atoms with van der Waals surface area (Å²) in [5.74, 6) is 0. The summed E-state index contributed by atoms with van der Waals surface area (Å²) in [7, 11) is 0. The summed E-state index contributed by atoms with van der Waals surface area (Å²) in [4.78, 5) is 0. The smallest absolute Gasteiger partial charge is 0.134 e. The number of fused-ring (bicyclic) bond motifs is 3. The Balaban J connectivity index is 0.000000963. The zero-order valence-corrected chi connectivity index (χ0v) is 13.3. The van der Waals surface area contributed by atoms with Gasteiger partial charge in [0.15, 0.2) is 0 Å². The molecule has 1 aromatic heterocycles. The molecule has 0 fully saturated rings. The molecule has 0 amide bonds.